The van der Waals surface area contributed by atoms with Gasteiger partial charge in [0.1, 0.15) is 35.6 Å². The fourth-order valence-electron chi connectivity index (χ4n) is 3.93. The Labute approximate surface area is 175 Å². The molecule has 2 aromatic heterocycles. The van der Waals surface area contributed by atoms with Gasteiger partial charge in [0.2, 0.25) is 0 Å². The Hall–Kier alpha value is -3.01. The first-order valence-corrected chi connectivity index (χ1v) is 10.2. The quantitative estimate of drug-likeness (QED) is 0.641. The number of nitrogens with zero attached hydrogens (tertiary/aromatic N) is 4. The van der Waals surface area contributed by atoms with E-state index in [4.69, 9.17) is 10.5 Å². The van der Waals surface area contributed by atoms with Gasteiger partial charge in [-0.1, -0.05) is 11.8 Å². The molecule has 1 saturated carbocycles. The molecule has 1 aliphatic carbocycles. The first kappa shape index (κ1) is 19.0. The highest BCUT2D eigenvalue weighted by Gasteiger charge is 2.58. The van der Waals surface area contributed by atoms with Crippen molar-refractivity contribution in [3.05, 3.63) is 48.2 Å². The maximum Gasteiger partial charge on any atom is 0.160 e. The van der Waals surface area contributed by atoms with Gasteiger partial charge in [-0.2, -0.15) is 0 Å². The average molecular weight is 428 g/mol. The lowest BCUT2D eigenvalue weighted by molar-refractivity contribution is 0.272. The number of thioether (sulfide) groups is 1. The Bertz CT molecular complexity index is 1180. The number of nitrogens with one attached hydrogen (secondary N) is 1. The summed E-state index contributed by atoms with van der Waals surface area (Å²) in [5.41, 5.74) is 6.48. The molecule has 5 rings (SSSR count). The molecule has 1 aliphatic heterocycles. The molecule has 3 aromatic rings. The molecule has 1 unspecified atom stereocenters. The van der Waals surface area contributed by atoms with E-state index in [1.54, 1.807) is 31.5 Å². The maximum atomic E-state index is 14.8. The van der Waals surface area contributed by atoms with Gasteiger partial charge in [0.15, 0.2) is 11.0 Å². The Morgan fingerprint density at radius 1 is 1.30 bits per heavy atom. The number of benzene rings is 1. The third-order valence-electron chi connectivity index (χ3n) is 5.51. The van der Waals surface area contributed by atoms with Gasteiger partial charge in [-0.15, -0.1) is 0 Å². The Morgan fingerprint density at radius 3 is 2.97 bits per heavy atom. The number of methoxy groups -OCH3 is 1. The number of fused-ring (bicyclic) bond motifs is 2. The minimum Gasteiger partial charge on any atom is -0.495 e. The first-order valence-electron chi connectivity index (χ1n) is 9.34. The monoisotopic (exact) mass is 428 g/mol. The van der Waals surface area contributed by atoms with Gasteiger partial charge in [-0.3, -0.25) is 0 Å². The summed E-state index contributed by atoms with van der Waals surface area (Å²) in [7, 11) is 1.55. The number of nitrogens with two attached hydrogens (primary N) is 1. The molecule has 0 amide bonds. The topological polar surface area (TPSA) is 98.3 Å². The summed E-state index contributed by atoms with van der Waals surface area (Å²) in [5.74, 6) is 0.438. The molecule has 0 spiro atoms. The van der Waals surface area contributed by atoms with Gasteiger partial charge < -0.3 is 15.8 Å². The lowest BCUT2D eigenvalue weighted by Crippen LogP contribution is -2.36. The summed E-state index contributed by atoms with van der Waals surface area (Å²) in [6.45, 7) is -0.812. The van der Waals surface area contributed by atoms with Crippen molar-refractivity contribution in [2.75, 3.05) is 19.1 Å². The van der Waals surface area contributed by atoms with Crippen LogP contribution in [0.15, 0.2) is 41.8 Å². The van der Waals surface area contributed by atoms with Crippen LogP contribution in [-0.4, -0.2) is 39.2 Å². The number of halogens is 2. The first-order chi connectivity index (χ1) is 14.5. The van der Waals surface area contributed by atoms with E-state index < -0.39 is 18.0 Å². The molecule has 10 heteroatoms. The summed E-state index contributed by atoms with van der Waals surface area (Å²) < 4.78 is 34.3. The smallest absolute Gasteiger partial charge is 0.160 e. The number of anilines is 2. The summed E-state index contributed by atoms with van der Waals surface area (Å²) in [5, 5.41) is 3.62. The molecular formula is C20H18F2N6OS. The Balaban J connectivity index is 1.55. The van der Waals surface area contributed by atoms with Crippen LogP contribution in [0.2, 0.25) is 0 Å². The number of aliphatic imine (C=N–C) groups is 1. The molecule has 154 valence electrons. The SMILES string of the molecule is COc1cnc2c(Nc3ccc(F)c([C@@]4(CF)N=C(N)S[C@H]5CC54)c3)ncnc2c1. The third-order valence-corrected chi connectivity index (χ3v) is 6.67. The minimum absolute atomic E-state index is 0.0708. The number of amidine groups is 1. The molecule has 0 radical (unpaired) electrons. The number of alkyl halides is 1. The van der Waals surface area contributed by atoms with Crippen LogP contribution in [-0.2, 0) is 5.54 Å². The molecular weight excluding hydrogens is 410 g/mol. The highest BCUT2D eigenvalue weighted by Crippen LogP contribution is 2.58. The molecule has 3 heterocycles. The summed E-state index contributed by atoms with van der Waals surface area (Å²) in [6.07, 6.45) is 3.73. The minimum atomic E-state index is -1.29. The van der Waals surface area contributed by atoms with E-state index in [9.17, 15) is 8.78 Å². The molecule has 1 aromatic carbocycles. The van der Waals surface area contributed by atoms with Crippen LogP contribution in [0.25, 0.3) is 11.0 Å². The van der Waals surface area contributed by atoms with Crippen molar-refractivity contribution >= 4 is 39.5 Å². The van der Waals surface area contributed by atoms with Gasteiger partial charge in [-0.25, -0.2) is 28.7 Å². The zero-order valence-electron chi connectivity index (χ0n) is 16.0. The molecule has 30 heavy (non-hydrogen) atoms. The second-order valence-corrected chi connectivity index (χ2v) is 8.55. The van der Waals surface area contributed by atoms with Crippen LogP contribution in [0, 0.1) is 11.7 Å². The van der Waals surface area contributed by atoms with Crippen LogP contribution in [0.1, 0.15) is 12.0 Å². The van der Waals surface area contributed by atoms with Crippen molar-refractivity contribution in [1.82, 2.24) is 15.0 Å². The number of pyridine rings is 1. The predicted molar refractivity (Wildman–Crippen MR) is 112 cm³/mol. The normalized spacial score (nSPS) is 24.8. The summed E-state index contributed by atoms with van der Waals surface area (Å²) >= 11 is 1.43. The lowest BCUT2D eigenvalue weighted by atomic mass is 9.86. The van der Waals surface area contributed by atoms with Gasteiger partial charge >= 0.3 is 0 Å². The van der Waals surface area contributed by atoms with Crippen molar-refractivity contribution in [3.8, 4) is 5.75 Å². The van der Waals surface area contributed by atoms with Crippen molar-refractivity contribution < 1.29 is 13.5 Å². The van der Waals surface area contributed by atoms with E-state index in [1.165, 1.54) is 24.2 Å². The zero-order valence-corrected chi connectivity index (χ0v) is 16.8. The molecule has 0 saturated heterocycles. The largest absolute Gasteiger partial charge is 0.495 e. The van der Waals surface area contributed by atoms with Crippen LogP contribution < -0.4 is 15.8 Å². The number of hydrogen-bond donors (Lipinski definition) is 2. The number of ether oxygens (including phenoxy) is 1. The highest BCUT2D eigenvalue weighted by molar-refractivity contribution is 8.14. The van der Waals surface area contributed by atoms with E-state index in [0.717, 1.165) is 6.42 Å². The number of rotatable bonds is 5. The van der Waals surface area contributed by atoms with Gasteiger partial charge in [0.05, 0.1) is 18.8 Å². The van der Waals surface area contributed by atoms with E-state index in [0.29, 0.717) is 33.5 Å². The van der Waals surface area contributed by atoms with Crippen molar-refractivity contribution in [2.45, 2.75) is 17.2 Å². The van der Waals surface area contributed by atoms with Crippen molar-refractivity contribution in [2.24, 2.45) is 16.6 Å². The van der Waals surface area contributed by atoms with E-state index in [1.807, 2.05) is 0 Å². The maximum absolute atomic E-state index is 14.8. The van der Waals surface area contributed by atoms with Crippen LogP contribution >= 0.6 is 11.8 Å². The molecule has 3 N–H and O–H groups in total. The van der Waals surface area contributed by atoms with Crippen LogP contribution in [0.4, 0.5) is 20.3 Å². The average Bonchev–Trinajstić information content (AvgIpc) is 3.54. The van der Waals surface area contributed by atoms with Gasteiger partial charge in [0, 0.05) is 28.5 Å². The van der Waals surface area contributed by atoms with E-state index in [2.05, 4.69) is 25.3 Å². The predicted octanol–water partition coefficient (Wildman–Crippen LogP) is 3.53. The molecule has 3 atom stereocenters. The van der Waals surface area contributed by atoms with Crippen LogP contribution in [0.5, 0.6) is 5.75 Å². The van der Waals surface area contributed by atoms with E-state index in [-0.39, 0.29) is 16.7 Å². The van der Waals surface area contributed by atoms with Crippen molar-refractivity contribution in [1.29, 1.82) is 0 Å². The number of aromatic nitrogens is 3. The molecule has 1 fully saturated rings. The van der Waals surface area contributed by atoms with Crippen LogP contribution in [0.3, 0.4) is 0 Å². The van der Waals surface area contributed by atoms with Crippen molar-refractivity contribution in [3.63, 3.8) is 0 Å². The fraction of sp³-hybridized carbons (Fsp3) is 0.300. The standard InChI is InChI=1S/C20H18F2N6OS/c1-29-11-5-15-17(24-7-11)18(26-9-25-15)27-10-2-3-14(22)12(4-10)20(8-21)13-6-16(13)30-19(23)28-20/h2-5,7,9,13,16H,6,8H2,1H3,(H2,23,28)(H,25,26,27)/t13?,16-,20+/m0/s1. The lowest BCUT2D eigenvalue weighted by Gasteiger charge is -2.31. The second kappa shape index (κ2) is 7.05. The summed E-state index contributed by atoms with van der Waals surface area (Å²) in [4.78, 5) is 17.2. The highest BCUT2D eigenvalue weighted by atomic mass is 32.2. The van der Waals surface area contributed by atoms with Gasteiger partial charge in [0.25, 0.3) is 0 Å². The Kier molecular flexibility index (Phi) is 4.46. The molecule has 2 aliphatic rings. The molecule has 7 nitrogen and oxygen atoms in total. The zero-order chi connectivity index (χ0) is 20.9. The third kappa shape index (κ3) is 3.02. The van der Waals surface area contributed by atoms with Gasteiger partial charge in [-0.05, 0) is 24.6 Å². The fourth-order valence-corrected chi connectivity index (χ4v) is 5.15. The summed E-state index contributed by atoms with van der Waals surface area (Å²) in [6, 6.07) is 6.19. The molecule has 0 bridgehead atoms. The Morgan fingerprint density at radius 2 is 2.17 bits per heavy atom. The number of hydrogen-bond acceptors (Lipinski definition) is 8. The second-order valence-electron chi connectivity index (χ2n) is 7.29. The van der Waals surface area contributed by atoms with E-state index >= 15 is 0 Å².